The van der Waals surface area contributed by atoms with E-state index in [1.54, 1.807) is 0 Å². The average Bonchev–Trinajstić information content (AvgIpc) is 2.63. The number of esters is 1. The van der Waals surface area contributed by atoms with E-state index in [4.69, 9.17) is 0 Å². The quantitative estimate of drug-likeness (QED) is 0.481. The zero-order chi connectivity index (χ0) is 13.4. The molecule has 0 bridgehead atoms. The first-order chi connectivity index (χ1) is 8.63. The minimum Gasteiger partial charge on any atom is -0.468 e. The monoisotopic (exact) mass is 319 g/mol. The van der Waals surface area contributed by atoms with Crippen LogP contribution in [0, 0.1) is 5.92 Å². The SMILES string of the molecule is COC(=O)C(Br)CNC(=O)CC1CCCCCC1. The lowest BCUT2D eigenvalue weighted by Gasteiger charge is -2.14. The highest BCUT2D eigenvalue weighted by Gasteiger charge is 2.19. The zero-order valence-corrected chi connectivity index (χ0v) is 12.5. The third-order valence-electron chi connectivity index (χ3n) is 3.38. The third kappa shape index (κ3) is 5.85. The van der Waals surface area contributed by atoms with Crippen LogP contribution in [0.5, 0.6) is 0 Å². The van der Waals surface area contributed by atoms with E-state index in [2.05, 4.69) is 26.0 Å². The van der Waals surface area contributed by atoms with Crippen LogP contribution in [0.3, 0.4) is 0 Å². The van der Waals surface area contributed by atoms with Gasteiger partial charge in [-0.3, -0.25) is 9.59 Å². The summed E-state index contributed by atoms with van der Waals surface area (Å²) in [6.45, 7) is 0.290. The van der Waals surface area contributed by atoms with Crippen LogP contribution in [0.1, 0.15) is 44.9 Å². The van der Waals surface area contributed by atoms with Gasteiger partial charge >= 0.3 is 5.97 Å². The van der Waals surface area contributed by atoms with Gasteiger partial charge < -0.3 is 10.1 Å². The van der Waals surface area contributed by atoms with E-state index >= 15 is 0 Å². The Morgan fingerprint density at radius 3 is 2.44 bits per heavy atom. The first-order valence-corrected chi connectivity index (χ1v) is 7.53. The Labute approximate surface area is 117 Å². The fraction of sp³-hybridized carbons (Fsp3) is 0.846. The first kappa shape index (κ1) is 15.5. The number of nitrogens with one attached hydrogen (secondary N) is 1. The Kier molecular flexibility index (Phi) is 7.32. The molecule has 18 heavy (non-hydrogen) atoms. The highest BCUT2D eigenvalue weighted by atomic mass is 79.9. The molecule has 0 heterocycles. The predicted octanol–water partition coefficient (Wildman–Crippen LogP) is 2.40. The van der Waals surface area contributed by atoms with Gasteiger partial charge in [-0.05, 0) is 18.8 Å². The molecule has 0 aromatic heterocycles. The van der Waals surface area contributed by atoms with Crippen molar-refractivity contribution in [3.05, 3.63) is 0 Å². The van der Waals surface area contributed by atoms with Gasteiger partial charge in [0.2, 0.25) is 5.91 Å². The molecule has 1 aliphatic rings. The molecular formula is C13H22BrNO3. The van der Waals surface area contributed by atoms with Crippen molar-refractivity contribution in [2.75, 3.05) is 13.7 Å². The largest absolute Gasteiger partial charge is 0.468 e. The molecule has 1 fully saturated rings. The van der Waals surface area contributed by atoms with Gasteiger partial charge in [0.1, 0.15) is 4.83 Å². The fourth-order valence-corrected chi connectivity index (χ4v) is 2.67. The number of alkyl halides is 1. The molecule has 0 aliphatic heterocycles. The molecule has 0 radical (unpaired) electrons. The Balaban J connectivity index is 2.22. The molecule has 0 aromatic rings. The number of rotatable bonds is 5. The standard InChI is InChI=1S/C13H22BrNO3/c1-18-13(17)11(14)9-15-12(16)8-10-6-4-2-3-5-7-10/h10-11H,2-9H2,1H3,(H,15,16). The Morgan fingerprint density at radius 1 is 1.28 bits per heavy atom. The van der Waals surface area contributed by atoms with Crippen molar-refractivity contribution in [3.8, 4) is 0 Å². The molecule has 4 nitrogen and oxygen atoms in total. The zero-order valence-electron chi connectivity index (χ0n) is 10.9. The van der Waals surface area contributed by atoms with Gasteiger partial charge in [-0.25, -0.2) is 0 Å². The minimum atomic E-state index is -0.458. The van der Waals surface area contributed by atoms with Crippen molar-refractivity contribution in [1.29, 1.82) is 0 Å². The van der Waals surface area contributed by atoms with Gasteiger partial charge in [0.25, 0.3) is 0 Å². The lowest BCUT2D eigenvalue weighted by Crippen LogP contribution is -2.34. The van der Waals surface area contributed by atoms with Gasteiger partial charge in [0.05, 0.1) is 7.11 Å². The maximum Gasteiger partial charge on any atom is 0.321 e. The van der Waals surface area contributed by atoms with Gasteiger partial charge in [0.15, 0.2) is 0 Å². The normalized spacial score (nSPS) is 18.8. The Hall–Kier alpha value is -0.580. The molecule has 104 valence electrons. The van der Waals surface area contributed by atoms with Crippen molar-refractivity contribution in [2.45, 2.75) is 49.8 Å². The number of carbonyl (C=O) groups is 2. The molecule has 1 aliphatic carbocycles. The molecule has 0 saturated heterocycles. The van der Waals surface area contributed by atoms with Crippen LogP contribution in [0.25, 0.3) is 0 Å². The van der Waals surface area contributed by atoms with Crippen LogP contribution in [0.15, 0.2) is 0 Å². The molecule has 0 spiro atoms. The summed E-state index contributed by atoms with van der Waals surface area (Å²) in [6.07, 6.45) is 7.96. The summed E-state index contributed by atoms with van der Waals surface area (Å²) in [5.41, 5.74) is 0. The van der Waals surface area contributed by atoms with Crippen LogP contribution >= 0.6 is 15.9 Å². The number of carbonyl (C=O) groups excluding carboxylic acids is 2. The van der Waals surface area contributed by atoms with E-state index in [9.17, 15) is 9.59 Å². The van der Waals surface area contributed by atoms with Gasteiger partial charge in [-0.15, -0.1) is 0 Å². The summed E-state index contributed by atoms with van der Waals surface area (Å²) in [7, 11) is 1.34. The molecule has 1 amide bonds. The van der Waals surface area contributed by atoms with Crippen LogP contribution in [-0.2, 0) is 14.3 Å². The lowest BCUT2D eigenvalue weighted by molar-refractivity contribution is -0.139. The molecule has 1 saturated carbocycles. The average molecular weight is 320 g/mol. The number of hydrogen-bond donors (Lipinski definition) is 1. The molecule has 5 heteroatoms. The maximum absolute atomic E-state index is 11.8. The molecular weight excluding hydrogens is 298 g/mol. The fourth-order valence-electron chi connectivity index (χ4n) is 2.32. The van der Waals surface area contributed by atoms with Gasteiger partial charge in [0, 0.05) is 13.0 Å². The number of hydrogen-bond acceptors (Lipinski definition) is 3. The number of methoxy groups -OCH3 is 1. The summed E-state index contributed by atoms with van der Waals surface area (Å²) in [5, 5.41) is 2.78. The summed E-state index contributed by atoms with van der Waals surface area (Å²) in [5.74, 6) is 0.194. The number of amides is 1. The first-order valence-electron chi connectivity index (χ1n) is 6.62. The predicted molar refractivity (Wildman–Crippen MR) is 73.5 cm³/mol. The molecule has 1 unspecified atom stereocenters. The summed E-state index contributed by atoms with van der Waals surface area (Å²) in [4.78, 5) is 22.4. The van der Waals surface area contributed by atoms with Crippen molar-refractivity contribution >= 4 is 27.8 Å². The van der Waals surface area contributed by atoms with Crippen molar-refractivity contribution in [3.63, 3.8) is 0 Å². The van der Waals surface area contributed by atoms with E-state index < -0.39 is 4.83 Å². The van der Waals surface area contributed by atoms with E-state index in [-0.39, 0.29) is 18.4 Å². The summed E-state index contributed by atoms with van der Waals surface area (Å²) >= 11 is 3.18. The van der Waals surface area contributed by atoms with Gasteiger partial charge in [-0.1, -0.05) is 41.6 Å². The Morgan fingerprint density at radius 2 is 1.89 bits per heavy atom. The van der Waals surface area contributed by atoms with Crippen LogP contribution in [0.2, 0.25) is 0 Å². The van der Waals surface area contributed by atoms with Crippen LogP contribution in [-0.4, -0.2) is 30.4 Å². The van der Waals surface area contributed by atoms with Crippen molar-refractivity contribution in [1.82, 2.24) is 5.32 Å². The highest BCUT2D eigenvalue weighted by molar-refractivity contribution is 9.10. The molecule has 1 atom stereocenters. The van der Waals surface area contributed by atoms with Crippen LogP contribution in [0.4, 0.5) is 0 Å². The topological polar surface area (TPSA) is 55.4 Å². The number of halogens is 1. The van der Waals surface area contributed by atoms with Crippen molar-refractivity contribution < 1.29 is 14.3 Å². The lowest BCUT2D eigenvalue weighted by atomic mass is 9.96. The highest BCUT2D eigenvalue weighted by Crippen LogP contribution is 2.25. The van der Waals surface area contributed by atoms with E-state index in [1.807, 2.05) is 0 Å². The van der Waals surface area contributed by atoms with E-state index in [1.165, 1.54) is 32.8 Å². The van der Waals surface area contributed by atoms with Crippen LogP contribution < -0.4 is 5.32 Å². The second kappa shape index (κ2) is 8.51. The molecule has 1 rings (SSSR count). The van der Waals surface area contributed by atoms with E-state index in [0.717, 1.165) is 12.8 Å². The number of ether oxygens (including phenoxy) is 1. The minimum absolute atomic E-state index is 0.0373. The second-order valence-electron chi connectivity index (χ2n) is 4.86. The van der Waals surface area contributed by atoms with Crippen molar-refractivity contribution in [2.24, 2.45) is 5.92 Å². The summed E-state index contributed by atoms with van der Waals surface area (Å²) < 4.78 is 4.57. The maximum atomic E-state index is 11.8. The van der Waals surface area contributed by atoms with Gasteiger partial charge in [-0.2, -0.15) is 0 Å². The molecule has 1 N–H and O–H groups in total. The van der Waals surface area contributed by atoms with E-state index in [0.29, 0.717) is 12.3 Å². The summed E-state index contributed by atoms with van der Waals surface area (Å²) in [6, 6.07) is 0. The smallest absolute Gasteiger partial charge is 0.321 e. The second-order valence-corrected chi connectivity index (χ2v) is 5.96. The Bertz CT molecular complexity index is 275. The third-order valence-corrected chi connectivity index (χ3v) is 4.08. The molecule has 0 aromatic carbocycles.